The van der Waals surface area contributed by atoms with Crippen LogP contribution in [0.25, 0.3) is 0 Å². The molecule has 0 atom stereocenters. The standard InChI is InChI=1S/C3H5N5O8/c1-4-5(9)3(6(10)11,7(12)13)2-16-8(14)15/h2H2,1H3. The fraction of sp³-hybridized carbons (Fsp3) is 1.00. The third-order valence-electron chi connectivity index (χ3n) is 1.44. The molecule has 0 unspecified atom stereocenters. The van der Waals surface area contributed by atoms with Crippen LogP contribution in [0, 0.1) is 35.6 Å². The van der Waals surface area contributed by atoms with Gasteiger partial charge in [-0.3, -0.25) is 25.1 Å². The van der Waals surface area contributed by atoms with Crippen molar-refractivity contribution < 1.29 is 24.6 Å². The molecule has 0 spiro atoms. The maximum Gasteiger partial charge on any atom is 0.705 e. The van der Waals surface area contributed by atoms with Gasteiger partial charge in [-0.1, -0.05) is 0 Å². The maximum absolute atomic E-state index is 10.9. The molecular weight excluding hydrogens is 234 g/mol. The van der Waals surface area contributed by atoms with Crippen molar-refractivity contribution in [2.75, 3.05) is 13.7 Å². The van der Waals surface area contributed by atoms with Gasteiger partial charge in [0.2, 0.25) is 0 Å². The minimum Gasteiger partial charge on any atom is -0.589 e. The van der Waals surface area contributed by atoms with Crippen LogP contribution in [0.15, 0.2) is 5.11 Å². The van der Waals surface area contributed by atoms with Crippen molar-refractivity contribution in [2.24, 2.45) is 5.11 Å². The van der Waals surface area contributed by atoms with Crippen molar-refractivity contribution in [3.05, 3.63) is 35.6 Å². The Bertz CT molecular complexity index is 336. The number of nitro groups is 2. The highest BCUT2D eigenvalue weighted by Crippen LogP contribution is 2.13. The lowest BCUT2D eigenvalue weighted by molar-refractivity contribution is -0.991. The highest BCUT2D eigenvalue weighted by molar-refractivity contribution is 4.49. The van der Waals surface area contributed by atoms with Gasteiger partial charge < -0.3 is 5.21 Å². The number of hydrogen-bond acceptors (Lipinski definition) is 9. The summed E-state index contributed by atoms with van der Waals surface area (Å²) >= 11 is 0. The summed E-state index contributed by atoms with van der Waals surface area (Å²) in [6.45, 7) is -1.68. The van der Waals surface area contributed by atoms with Crippen LogP contribution in [0.2, 0.25) is 0 Å². The van der Waals surface area contributed by atoms with Crippen LogP contribution in [-0.2, 0) is 4.84 Å². The number of nitrogens with zero attached hydrogens (tertiary/aromatic N) is 5. The summed E-state index contributed by atoms with van der Waals surface area (Å²) in [6, 6.07) is 0. The Morgan fingerprint density at radius 3 is 1.81 bits per heavy atom. The van der Waals surface area contributed by atoms with Gasteiger partial charge in [-0.2, -0.15) is 0 Å². The molecule has 0 amide bonds. The Balaban J connectivity index is 5.36. The van der Waals surface area contributed by atoms with E-state index in [1.54, 1.807) is 0 Å². The highest BCUT2D eigenvalue weighted by Gasteiger charge is 2.69. The van der Waals surface area contributed by atoms with Crippen molar-refractivity contribution in [1.29, 1.82) is 0 Å². The number of azo groups is 1. The van der Waals surface area contributed by atoms with E-state index in [9.17, 15) is 35.6 Å². The SMILES string of the molecule is CN=[N+]([O-])C(CO[N+](=O)[O-])([N+](=O)[O-])[N+](=O)[O-]. The topological polar surface area (TPSA) is 177 Å². The Kier molecular flexibility index (Phi) is 3.99. The van der Waals surface area contributed by atoms with Gasteiger partial charge in [0.25, 0.3) is 5.09 Å². The zero-order chi connectivity index (χ0) is 12.9. The fourth-order valence-electron chi connectivity index (χ4n) is 0.666. The van der Waals surface area contributed by atoms with E-state index in [0.717, 1.165) is 7.05 Å². The Hall–Kier alpha value is -2.60. The van der Waals surface area contributed by atoms with E-state index in [2.05, 4.69) is 9.95 Å². The third-order valence-corrected chi connectivity index (χ3v) is 1.44. The van der Waals surface area contributed by atoms with Crippen molar-refractivity contribution in [3.63, 3.8) is 0 Å². The lowest BCUT2D eigenvalue weighted by Gasteiger charge is -2.11. The summed E-state index contributed by atoms with van der Waals surface area (Å²) in [5, 5.41) is 42.7. The van der Waals surface area contributed by atoms with Gasteiger partial charge in [0.15, 0.2) is 9.85 Å². The molecule has 0 saturated heterocycles. The number of hydrogen-bond donors (Lipinski definition) is 0. The second-order valence-corrected chi connectivity index (χ2v) is 2.26. The lowest BCUT2D eigenvalue weighted by atomic mass is 10.4. The van der Waals surface area contributed by atoms with E-state index >= 15 is 0 Å². The molecule has 0 aromatic carbocycles. The van der Waals surface area contributed by atoms with Crippen LogP contribution in [-0.4, -0.2) is 39.2 Å². The molecule has 13 nitrogen and oxygen atoms in total. The van der Waals surface area contributed by atoms with Gasteiger partial charge in [0.1, 0.15) is 0 Å². The third kappa shape index (κ3) is 2.25. The number of hydroxylamine groups is 1. The lowest BCUT2D eigenvalue weighted by Crippen LogP contribution is -2.57. The van der Waals surface area contributed by atoms with Gasteiger partial charge in [-0.15, -0.1) is 10.1 Å². The van der Waals surface area contributed by atoms with Gasteiger partial charge >= 0.3 is 12.4 Å². The average molecular weight is 239 g/mol. The van der Waals surface area contributed by atoms with Crippen LogP contribution in [0.4, 0.5) is 0 Å². The molecule has 0 radical (unpaired) electrons. The molecule has 0 aliphatic rings. The normalized spacial score (nSPS) is 11.9. The van der Waals surface area contributed by atoms with Gasteiger partial charge in [-0.25, -0.2) is 0 Å². The fourth-order valence-corrected chi connectivity index (χ4v) is 0.666. The summed E-state index contributed by atoms with van der Waals surface area (Å²) in [4.78, 5) is 30.0. The molecule has 0 N–H and O–H groups in total. The second kappa shape index (κ2) is 4.76. The van der Waals surface area contributed by atoms with Crippen LogP contribution < -0.4 is 0 Å². The van der Waals surface area contributed by atoms with E-state index in [1.165, 1.54) is 0 Å². The van der Waals surface area contributed by atoms with Gasteiger partial charge in [0.05, 0.1) is 11.9 Å². The number of rotatable bonds is 6. The van der Waals surface area contributed by atoms with Gasteiger partial charge in [-0.05, 0) is 5.11 Å². The zero-order valence-electron chi connectivity index (χ0n) is 7.71. The summed E-state index contributed by atoms with van der Waals surface area (Å²) in [5.41, 5.74) is 0. The summed E-state index contributed by atoms with van der Waals surface area (Å²) in [6.07, 6.45) is 0. The molecule has 90 valence electrons. The summed E-state index contributed by atoms with van der Waals surface area (Å²) in [7, 11) is 0.751. The first-order valence-electron chi connectivity index (χ1n) is 3.42. The van der Waals surface area contributed by atoms with E-state index in [4.69, 9.17) is 0 Å². The maximum atomic E-state index is 10.9. The van der Waals surface area contributed by atoms with Crippen molar-refractivity contribution in [2.45, 2.75) is 5.79 Å². The van der Waals surface area contributed by atoms with Crippen LogP contribution in [0.3, 0.4) is 0 Å². The summed E-state index contributed by atoms with van der Waals surface area (Å²) in [5.74, 6) is -3.57. The quantitative estimate of drug-likeness (QED) is 0.186. The van der Waals surface area contributed by atoms with E-state index in [0.29, 0.717) is 0 Å². The first-order chi connectivity index (χ1) is 7.28. The van der Waals surface area contributed by atoms with E-state index in [1.807, 2.05) is 0 Å². The molecule has 0 aromatic heterocycles. The van der Waals surface area contributed by atoms with Crippen LogP contribution >= 0.6 is 0 Å². The molecule has 16 heavy (non-hydrogen) atoms. The Morgan fingerprint density at radius 1 is 1.12 bits per heavy atom. The molecule has 0 fully saturated rings. The first-order valence-corrected chi connectivity index (χ1v) is 3.42. The predicted molar refractivity (Wildman–Crippen MR) is 41.6 cm³/mol. The average Bonchev–Trinajstić information content (AvgIpc) is 2.16. The molecule has 0 saturated carbocycles. The monoisotopic (exact) mass is 239 g/mol. The molecule has 0 bridgehead atoms. The molecule has 13 heteroatoms. The van der Waals surface area contributed by atoms with E-state index in [-0.39, 0.29) is 0 Å². The minimum atomic E-state index is -3.57. The predicted octanol–water partition coefficient (Wildman–Crippen LogP) is -1.01. The molecule has 0 aliphatic carbocycles. The van der Waals surface area contributed by atoms with Gasteiger partial charge in [0, 0.05) is 0 Å². The van der Waals surface area contributed by atoms with E-state index < -0.39 is 32.2 Å². The van der Waals surface area contributed by atoms with Crippen molar-refractivity contribution >= 4 is 0 Å². The van der Waals surface area contributed by atoms with Crippen LogP contribution in [0.1, 0.15) is 0 Å². The highest BCUT2D eigenvalue weighted by atomic mass is 17.0. The largest absolute Gasteiger partial charge is 0.705 e. The zero-order valence-corrected chi connectivity index (χ0v) is 7.71. The Labute approximate surface area is 85.9 Å². The smallest absolute Gasteiger partial charge is 0.589 e. The Morgan fingerprint density at radius 2 is 1.56 bits per heavy atom. The van der Waals surface area contributed by atoms with Crippen LogP contribution in [0.5, 0.6) is 0 Å². The molecular formula is C3H5N5O8. The molecule has 0 rings (SSSR count). The van der Waals surface area contributed by atoms with Crippen molar-refractivity contribution in [1.82, 2.24) is 0 Å². The molecule has 0 heterocycles. The molecule has 0 aromatic rings. The second-order valence-electron chi connectivity index (χ2n) is 2.26. The summed E-state index contributed by atoms with van der Waals surface area (Å²) < 4.78 is 0. The molecule has 0 aliphatic heterocycles. The minimum absolute atomic E-state index is 0.751. The van der Waals surface area contributed by atoms with Crippen molar-refractivity contribution in [3.8, 4) is 0 Å². The first kappa shape index (κ1) is 13.4.